The molecule has 0 fully saturated rings. The molecule has 0 spiro atoms. The number of hydrogen-bond donors (Lipinski definition) is 4. The van der Waals surface area contributed by atoms with Crippen LogP contribution in [0.25, 0.3) is 0 Å². The minimum absolute atomic E-state index is 0.0129. The molecule has 1 aliphatic rings. The number of likely N-dealkylation sites (N-methyl/N-ethyl adjacent to an activating group) is 1. The third-order valence-corrected chi connectivity index (χ3v) is 4.72. The van der Waals surface area contributed by atoms with Crippen LogP contribution in [0.5, 0.6) is 0 Å². The van der Waals surface area contributed by atoms with Gasteiger partial charge in [0.1, 0.15) is 12.4 Å². The van der Waals surface area contributed by atoms with Crippen molar-refractivity contribution in [3.05, 3.63) is 53.5 Å². The molecule has 1 heterocycles. The zero-order valence-electron chi connectivity index (χ0n) is 18.4. The van der Waals surface area contributed by atoms with E-state index in [1.54, 1.807) is 13.2 Å². The highest BCUT2D eigenvalue weighted by Crippen LogP contribution is 2.17. The van der Waals surface area contributed by atoms with Crippen molar-refractivity contribution in [2.75, 3.05) is 32.1 Å². The number of nitrogens with one attached hydrogen (secondary N) is 3. The van der Waals surface area contributed by atoms with Crippen molar-refractivity contribution in [2.24, 2.45) is 0 Å². The van der Waals surface area contributed by atoms with E-state index in [1.807, 2.05) is 37.3 Å². The second kappa shape index (κ2) is 11.3. The number of hydrazine groups is 1. The van der Waals surface area contributed by atoms with Gasteiger partial charge < -0.3 is 15.7 Å². The monoisotopic (exact) mass is 429 g/mol. The van der Waals surface area contributed by atoms with Gasteiger partial charge in [-0.15, -0.1) is 0 Å². The van der Waals surface area contributed by atoms with Crippen molar-refractivity contribution in [1.82, 2.24) is 20.7 Å². The quantitative estimate of drug-likeness (QED) is 0.440. The fourth-order valence-corrected chi connectivity index (χ4v) is 3.02. The van der Waals surface area contributed by atoms with Gasteiger partial charge in [0.2, 0.25) is 5.91 Å². The minimum Gasteiger partial charge on any atom is -0.386 e. The Morgan fingerprint density at radius 2 is 1.90 bits per heavy atom. The average molecular weight is 430 g/mol. The van der Waals surface area contributed by atoms with Crippen molar-refractivity contribution in [1.29, 1.82) is 0 Å². The van der Waals surface area contributed by atoms with Crippen LogP contribution in [0.2, 0.25) is 0 Å². The Hall–Kier alpha value is -3.17. The molecule has 0 atom stereocenters. The third kappa shape index (κ3) is 6.94. The molecular formula is C22H31N5O4. The van der Waals surface area contributed by atoms with E-state index in [0.29, 0.717) is 23.0 Å². The van der Waals surface area contributed by atoms with Crippen LogP contribution < -0.4 is 16.1 Å². The van der Waals surface area contributed by atoms with E-state index in [9.17, 15) is 14.4 Å². The van der Waals surface area contributed by atoms with Crippen LogP contribution in [-0.4, -0.2) is 59.5 Å². The first-order valence-corrected chi connectivity index (χ1v) is 10.2. The molecule has 1 aromatic rings. The van der Waals surface area contributed by atoms with E-state index < -0.39 is 12.5 Å². The van der Waals surface area contributed by atoms with Gasteiger partial charge in [0, 0.05) is 24.5 Å². The topological polar surface area (TPSA) is 114 Å². The van der Waals surface area contributed by atoms with Gasteiger partial charge in [-0.25, -0.2) is 5.01 Å². The molecule has 0 aliphatic carbocycles. The highest BCUT2D eigenvalue weighted by Gasteiger charge is 2.25. The van der Waals surface area contributed by atoms with Gasteiger partial charge >= 0.3 is 0 Å². The van der Waals surface area contributed by atoms with Gasteiger partial charge in [-0.05, 0) is 36.1 Å². The lowest BCUT2D eigenvalue weighted by molar-refractivity contribution is -0.131. The summed E-state index contributed by atoms with van der Waals surface area (Å²) in [6, 6.07) is 7.52. The number of anilines is 1. The molecule has 2 rings (SSSR count). The molecule has 0 radical (unpaired) electrons. The van der Waals surface area contributed by atoms with Crippen LogP contribution in [0.1, 0.15) is 38.7 Å². The number of aliphatic hydroxyl groups excluding tert-OH is 1. The molecule has 9 heteroatoms. The molecule has 9 nitrogen and oxygen atoms in total. The number of hydrogen-bond acceptors (Lipinski definition) is 6. The molecule has 0 saturated heterocycles. The Morgan fingerprint density at radius 3 is 2.48 bits per heavy atom. The van der Waals surface area contributed by atoms with Gasteiger partial charge in [0.25, 0.3) is 11.8 Å². The Bertz CT molecular complexity index is 861. The minimum atomic E-state index is -0.733. The number of amides is 3. The highest BCUT2D eigenvalue weighted by molar-refractivity contribution is 5.96. The number of benzene rings is 1. The lowest BCUT2D eigenvalue weighted by Crippen LogP contribution is -2.50. The number of allylic oxidation sites excluding steroid dienone is 1. The smallest absolute Gasteiger partial charge is 0.259 e. The Morgan fingerprint density at radius 1 is 1.23 bits per heavy atom. The largest absolute Gasteiger partial charge is 0.386 e. The van der Waals surface area contributed by atoms with Gasteiger partial charge in [0.15, 0.2) is 0 Å². The summed E-state index contributed by atoms with van der Waals surface area (Å²) in [4.78, 5) is 38.4. The van der Waals surface area contributed by atoms with Crippen molar-refractivity contribution in [3.63, 3.8) is 0 Å². The Balaban J connectivity index is 2.08. The molecule has 3 amide bonds. The van der Waals surface area contributed by atoms with Crippen molar-refractivity contribution in [3.8, 4) is 0 Å². The second-order valence-corrected chi connectivity index (χ2v) is 7.55. The molecule has 0 unspecified atom stereocenters. The highest BCUT2D eigenvalue weighted by atomic mass is 16.3. The number of nitrogens with zero attached hydrogens (tertiary/aromatic N) is 2. The average Bonchev–Trinajstić information content (AvgIpc) is 2.73. The number of carbonyl (C=O) groups excluding carboxylic acids is 3. The van der Waals surface area contributed by atoms with E-state index in [4.69, 9.17) is 5.11 Å². The van der Waals surface area contributed by atoms with Crippen LogP contribution in [0, 0.1) is 0 Å². The van der Waals surface area contributed by atoms with E-state index in [-0.39, 0.29) is 24.9 Å². The van der Waals surface area contributed by atoms with E-state index in [2.05, 4.69) is 29.9 Å². The summed E-state index contributed by atoms with van der Waals surface area (Å²) in [5.74, 6) is -0.232. The number of aliphatic hydroxyl groups is 1. The van der Waals surface area contributed by atoms with Crippen LogP contribution in [0.3, 0.4) is 0 Å². The van der Waals surface area contributed by atoms with E-state index >= 15 is 0 Å². The first kappa shape index (κ1) is 24.1. The van der Waals surface area contributed by atoms with Gasteiger partial charge in [0.05, 0.1) is 13.1 Å². The molecule has 1 aliphatic heterocycles. The first-order chi connectivity index (χ1) is 14.7. The van der Waals surface area contributed by atoms with Gasteiger partial charge in [-0.1, -0.05) is 32.9 Å². The van der Waals surface area contributed by atoms with Gasteiger partial charge in [-0.2, -0.15) is 0 Å². The summed E-state index contributed by atoms with van der Waals surface area (Å²) in [5, 5.41) is 16.2. The molecule has 0 saturated carbocycles. The zero-order chi connectivity index (χ0) is 23.0. The Labute approximate surface area is 182 Å². The number of carbonyl (C=O) groups is 3. The molecular weight excluding hydrogens is 398 g/mol. The summed E-state index contributed by atoms with van der Waals surface area (Å²) >= 11 is 0. The van der Waals surface area contributed by atoms with Crippen molar-refractivity contribution >= 4 is 23.4 Å². The van der Waals surface area contributed by atoms with Gasteiger partial charge in [-0.3, -0.25) is 24.7 Å². The van der Waals surface area contributed by atoms with Crippen molar-refractivity contribution in [2.45, 2.75) is 33.1 Å². The summed E-state index contributed by atoms with van der Waals surface area (Å²) < 4.78 is 0. The van der Waals surface area contributed by atoms with Crippen LogP contribution >= 0.6 is 0 Å². The summed E-state index contributed by atoms with van der Waals surface area (Å²) in [6.07, 6.45) is 4.21. The van der Waals surface area contributed by atoms with E-state index in [1.165, 1.54) is 9.91 Å². The molecule has 4 N–H and O–H groups in total. The fraction of sp³-hybridized carbons (Fsp3) is 0.409. The summed E-state index contributed by atoms with van der Waals surface area (Å²) in [5.41, 5.74) is 4.61. The standard InChI is InChI=1S/C22H31N5O4/c1-5-6-19-23-11-17(22(31)26(19)4)12-27(25-21(30)14-28)13-20(29)24-18-9-7-16(8-10-18)15(2)3/h6-11,15,23,28H,5,12-14H2,1-4H3,(H,24,29)(H,25,30)/b19-6-. The normalized spacial score (nSPS) is 15.2. The van der Waals surface area contributed by atoms with Crippen molar-refractivity contribution < 1.29 is 19.5 Å². The lowest BCUT2D eigenvalue weighted by atomic mass is 10.0. The molecule has 1 aromatic carbocycles. The second-order valence-electron chi connectivity index (χ2n) is 7.55. The fourth-order valence-electron chi connectivity index (χ4n) is 3.02. The zero-order valence-corrected chi connectivity index (χ0v) is 18.4. The maximum absolute atomic E-state index is 12.7. The van der Waals surface area contributed by atoms with Crippen LogP contribution in [0.15, 0.2) is 47.9 Å². The predicted octanol–water partition coefficient (Wildman–Crippen LogP) is 1.27. The maximum Gasteiger partial charge on any atom is 0.259 e. The molecule has 0 bridgehead atoms. The lowest BCUT2D eigenvalue weighted by Gasteiger charge is -2.30. The molecule has 31 heavy (non-hydrogen) atoms. The Kier molecular flexibility index (Phi) is 8.77. The maximum atomic E-state index is 12.7. The predicted molar refractivity (Wildman–Crippen MR) is 118 cm³/mol. The van der Waals surface area contributed by atoms with E-state index in [0.717, 1.165) is 12.0 Å². The van der Waals surface area contributed by atoms with Crippen LogP contribution in [-0.2, 0) is 14.4 Å². The summed E-state index contributed by atoms with van der Waals surface area (Å²) in [7, 11) is 1.65. The SMILES string of the molecule is CC/C=C1/NC=C(CN(CC(=O)Nc2ccc(C(C)C)cc2)NC(=O)CO)C(=O)N1C. The number of rotatable bonds is 9. The molecule has 0 aromatic heterocycles. The van der Waals surface area contributed by atoms with Crippen LogP contribution in [0.4, 0.5) is 5.69 Å². The first-order valence-electron chi connectivity index (χ1n) is 10.2. The summed E-state index contributed by atoms with van der Waals surface area (Å²) in [6.45, 7) is 5.19. The molecule has 168 valence electrons. The third-order valence-electron chi connectivity index (χ3n) is 4.72.